The van der Waals surface area contributed by atoms with Crippen LogP contribution in [0.3, 0.4) is 0 Å². The van der Waals surface area contributed by atoms with E-state index >= 15 is 0 Å². The second-order valence-corrected chi connectivity index (χ2v) is 10.5. The van der Waals surface area contributed by atoms with E-state index in [0.717, 1.165) is 72.0 Å². The van der Waals surface area contributed by atoms with Crippen LogP contribution in [0, 0.1) is 5.92 Å². The van der Waals surface area contributed by atoms with Gasteiger partial charge in [0.05, 0.1) is 36.0 Å². The van der Waals surface area contributed by atoms with Crippen LogP contribution in [0.1, 0.15) is 56.0 Å². The smallest absolute Gasteiger partial charge is 0.150 e. The van der Waals surface area contributed by atoms with Gasteiger partial charge in [0, 0.05) is 42.7 Å². The molecule has 0 spiro atoms. The summed E-state index contributed by atoms with van der Waals surface area (Å²) in [5.41, 5.74) is 6.40. The predicted octanol–water partition coefficient (Wildman–Crippen LogP) is 5.18. The van der Waals surface area contributed by atoms with Crippen LogP contribution in [0.5, 0.6) is 0 Å². The number of nitrogens with one attached hydrogen (secondary N) is 1. The van der Waals surface area contributed by atoms with Crippen molar-refractivity contribution in [3.8, 4) is 11.3 Å². The minimum atomic E-state index is 0.0214. The van der Waals surface area contributed by atoms with E-state index in [-0.39, 0.29) is 6.23 Å². The van der Waals surface area contributed by atoms with Crippen LogP contribution in [-0.2, 0) is 17.8 Å². The lowest BCUT2D eigenvalue weighted by Gasteiger charge is -2.25. The summed E-state index contributed by atoms with van der Waals surface area (Å²) in [6, 6.07) is 10.6. The summed E-state index contributed by atoms with van der Waals surface area (Å²) >= 11 is 0. The molecule has 2 fully saturated rings. The van der Waals surface area contributed by atoms with Gasteiger partial charge in [0.2, 0.25) is 0 Å². The van der Waals surface area contributed by atoms with Crippen LogP contribution in [0.15, 0.2) is 61.4 Å². The Labute approximate surface area is 216 Å². The summed E-state index contributed by atoms with van der Waals surface area (Å²) in [6.45, 7) is 3.51. The van der Waals surface area contributed by atoms with Gasteiger partial charge in [0.15, 0.2) is 6.23 Å². The Balaban J connectivity index is 1.07. The molecule has 37 heavy (non-hydrogen) atoms. The molecule has 1 saturated heterocycles. The number of pyridine rings is 1. The number of imidazole rings is 2. The molecule has 0 radical (unpaired) electrons. The lowest BCUT2D eigenvalue weighted by molar-refractivity contribution is -0.0366. The molecule has 1 unspecified atom stereocenters. The topological polar surface area (TPSA) is 74.2 Å². The Bertz CT molecular complexity index is 1520. The van der Waals surface area contributed by atoms with Crippen molar-refractivity contribution in [3.63, 3.8) is 0 Å². The number of ether oxygens (including phenoxy) is 1. The third-order valence-electron chi connectivity index (χ3n) is 7.87. The molecule has 1 saturated carbocycles. The maximum atomic E-state index is 5.98. The van der Waals surface area contributed by atoms with Crippen molar-refractivity contribution in [2.45, 2.75) is 57.8 Å². The first-order chi connectivity index (χ1) is 18.3. The number of rotatable bonds is 8. The molecule has 2 aliphatic rings. The molecule has 1 N–H and O–H groups in total. The molecule has 5 aromatic rings. The number of nitrogens with zero attached hydrogens (tertiary/aromatic N) is 6. The van der Waals surface area contributed by atoms with Crippen LogP contribution in [0.4, 0.5) is 0 Å². The van der Waals surface area contributed by atoms with Crippen molar-refractivity contribution in [1.29, 1.82) is 0 Å². The van der Waals surface area contributed by atoms with E-state index in [1.807, 2.05) is 17.2 Å². The predicted molar refractivity (Wildman–Crippen MR) is 143 cm³/mol. The zero-order chi connectivity index (χ0) is 24.6. The van der Waals surface area contributed by atoms with Crippen LogP contribution >= 0.6 is 0 Å². The van der Waals surface area contributed by atoms with Crippen molar-refractivity contribution >= 4 is 16.6 Å². The van der Waals surface area contributed by atoms with Gasteiger partial charge in [-0.3, -0.25) is 0 Å². The molecule has 0 amide bonds. The average molecular weight is 496 g/mol. The highest BCUT2D eigenvalue weighted by molar-refractivity contribution is 5.93. The largest absolute Gasteiger partial charge is 0.356 e. The molecule has 8 nitrogen and oxygen atoms in total. The van der Waals surface area contributed by atoms with Gasteiger partial charge in [-0.25, -0.2) is 14.6 Å². The number of hydrogen-bond acceptors (Lipinski definition) is 5. The van der Waals surface area contributed by atoms with E-state index in [0.29, 0.717) is 6.54 Å². The van der Waals surface area contributed by atoms with Gasteiger partial charge < -0.3 is 19.0 Å². The summed E-state index contributed by atoms with van der Waals surface area (Å²) < 4.78 is 12.3. The maximum absolute atomic E-state index is 5.98. The zero-order valence-electron chi connectivity index (χ0n) is 21.1. The lowest BCUT2D eigenvalue weighted by atomic mass is 9.85. The molecule has 1 aliphatic carbocycles. The van der Waals surface area contributed by atoms with Crippen LogP contribution in [-0.4, -0.2) is 41.9 Å². The number of benzene rings is 1. The highest BCUT2D eigenvalue weighted by Gasteiger charge is 2.20. The van der Waals surface area contributed by atoms with Crippen LogP contribution in [0.25, 0.3) is 27.8 Å². The maximum Gasteiger partial charge on any atom is 0.150 e. The van der Waals surface area contributed by atoms with Gasteiger partial charge in [-0.05, 0) is 62.3 Å². The molecule has 1 aromatic carbocycles. The van der Waals surface area contributed by atoms with Crippen molar-refractivity contribution in [3.05, 3.63) is 72.7 Å². The second kappa shape index (κ2) is 9.76. The molecular formula is C29H33N7O. The lowest BCUT2D eigenvalue weighted by Crippen LogP contribution is -2.26. The van der Waals surface area contributed by atoms with E-state index in [9.17, 15) is 0 Å². The molecular weight excluding hydrogens is 462 g/mol. The summed E-state index contributed by atoms with van der Waals surface area (Å²) in [4.78, 5) is 9.57. The first kappa shape index (κ1) is 22.7. The molecule has 190 valence electrons. The quantitative estimate of drug-likeness (QED) is 0.321. The summed E-state index contributed by atoms with van der Waals surface area (Å²) in [5, 5.41) is 9.40. The van der Waals surface area contributed by atoms with E-state index in [2.05, 4.69) is 68.3 Å². The molecule has 1 atom stereocenters. The Morgan fingerprint density at radius 1 is 1.00 bits per heavy atom. The number of hydrogen-bond donors (Lipinski definition) is 1. The molecule has 5 heterocycles. The van der Waals surface area contributed by atoms with Crippen LogP contribution < -0.4 is 5.32 Å². The first-order valence-corrected chi connectivity index (χ1v) is 13.6. The third-order valence-corrected chi connectivity index (χ3v) is 7.87. The zero-order valence-corrected chi connectivity index (χ0v) is 21.1. The highest BCUT2D eigenvalue weighted by Crippen LogP contribution is 2.31. The molecule has 7 rings (SSSR count). The molecule has 0 bridgehead atoms. The molecule has 1 aliphatic heterocycles. The van der Waals surface area contributed by atoms with Crippen molar-refractivity contribution in [2.75, 3.05) is 13.2 Å². The third kappa shape index (κ3) is 4.55. The molecule has 4 aromatic heterocycles. The fourth-order valence-electron chi connectivity index (χ4n) is 5.60. The highest BCUT2D eigenvalue weighted by atomic mass is 16.5. The van der Waals surface area contributed by atoms with Crippen molar-refractivity contribution in [2.24, 2.45) is 5.92 Å². The van der Waals surface area contributed by atoms with E-state index in [1.165, 1.54) is 31.2 Å². The molecule has 8 heteroatoms. The number of aromatic nitrogens is 6. The van der Waals surface area contributed by atoms with E-state index < -0.39 is 0 Å². The van der Waals surface area contributed by atoms with Gasteiger partial charge in [0.1, 0.15) is 5.65 Å². The minimum Gasteiger partial charge on any atom is -0.356 e. The fourth-order valence-corrected chi connectivity index (χ4v) is 5.60. The van der Waals surface area contributed by atoms with Gasteiger partial charge in [-0.2, -0.15) is 5.10 Å². The van der Waals surface area contributed by atoms with Crippen molar-refractivity contribution in [1.82, 2.24) is 34.0 Å². The van der Waals surface area contributed by atoms with Gasteiger partial charge in [-0.15, -0.1) is 0 Å². The summed E-state index contributed by atoms with van der Waals surface area (Å²) in [7, 11) is 0. The van der Waals surface area contributed by atoms with E-state index in [4.69, 9.17) is 14.7 Å². The first-order valence-electron chi connectivity index (χ1n) is 13.6. The standard InChI is InChI=1S/C29H33N7O/c1-2-12-37-29(9-1)36-27-8-4-7-24(25(27)15-32-36)26-19-34(20-31-26)17-23-18-35-16-22(10-11-28(35)33-23)14-30-13-21-5-3-6-21/h4,7-8,10-11,15-16,18-21,29-30H,1-3,5-6,9,12-14,17H2. The monoisotopic (exact) mass is 495 g/mol. The summed E-state index contributed by atoms with van der Waals surface area (Å²) in [6.07, 6.45) is 17.7. The number of fused-ring (bicyclic) bond motifs is 2. The summed E-state index contributed by atoms with van der Waals surface area (Å²) in [5.74, 6) is 0.873. The normalized spacial score (nSPS) is 18.5. The van der Waals surface area contributed by atoms with Crippen molar-refractivity contribution < 1.29 is 4.74 Å². The SMILES string of the molecule is c1cc(-c2cn(Cc3cn4cc(CNCC5CCC5)ccc4n3)cn2)c2cnn(C3CCCCO3)c2c1. The Morgan fingerprint density at radius 3 is 2.84 bits per heavy atom. The van der Waals surface area contributed by atoms with Gasteiger partial charge in [-0.1, -0.05) is 24.6 Å². The Morgan fingerprint density at radius 2 is 1.97 bits per heavy atom. The van der Waals surface area contributed by atoms with E-state index in [1.54, 1.807) is 0 Å². The minimum absolute atomic E-state index is 0.0214. The second-order valence-electron chi connectivity index (χ2n) is 10.5. The Hall–Kier alpha value is -3.49. The van der Waals surface area contributed by atoms with Gasteiger partial charge in [0.25, 0.3) is 0 Å². The fraction of sp³-hybridized carbons (Fsp3) is 0.414. The average Bonchev–Trinajstić information content (AvgIpc) is 3.64. The van der Waals surface area contributed by atoms with Gasteiger partial charge >= 0.3 is 0 Å². The Kier molecular flexibility index (Phi) is 5.98. The van der Waals surface area contributed by atoms with Crippen LogP contribution in [0.2, 0.25) is 0 Å².